The van der Waals surface area contributed by atoms with E-state index < -0.39 is 7.12 Å². The summed E-state index contributed by atoms with van der Waals surface area (Å²) in [6.07, 6.45) is 0. The van der Waals surface area contributed by atoms with Gasteiger partial charge in [-0.15, -0.1) is 0 Å². The smallest absolute Gasteiger partial charge is 0.457 e. The van der Waals surface area contributed by atoms with Crippen molar-refractivity contribution in [2.75, 3.05) is 0 Å². The molecule has 0 unspecified atom stereocenters. The number of hydrogen-bond acceptors (Lipinski definition) is 4. The second-order valence-corrected chi connectivity index (χ2v) is 4.27. The molecule has 5 heteroatoms. The summed E-state index contributed by atoms with van der Waals surface area (Å²) in [5.41, 5.74) is 2.24. The predicted octanol–water partition coefficient (Wildman–Crippen LogP) is 1.57. The van der Waals surface area contributed by atoms with Crippen molar-refractivity contribution in [3.8, 4) is 17.6 Å². The minimum Gasteiger partial charge on any atom is -0.457 e. The van der Waals surface area contributed by atoms with E-state index in [1.165, 1.54) is 0 Å². The van der Waals surface area contributed by atoms with Crippen LogP contribution in [0.5, 0.6) is 11.5 Å². The van der Waals surface area contributed by atoms with Crippen molar-refractivity contribution >= 4 is 12.6 Å². The summed E-state index contributed by atoms with van der Waals surface area (Å²) in [5.74, 6) is 1.20. The highest BCUT2D eigenvalue weighted by molar-refractivity contribution is 6.61. The summed E-state index contributed by atoms with van der Waals surface area (Å²) >= 11 is 0. The van der Waals surface area contributed by atoms with Gasteiger partial charge in [-0.3, -0.25) is 0 Å². The van der Waals surface area contributed by atoms with Crippen LogP contribution in [0.4, 0.5) is 0 Å². The van der Waals surface area contributed by atoms with Gasteiger partial charge in [0.2, 0.25) is 0 Å². The van der Waals surface area contributed by atoms with Crippen LogP contribution in [0.2, 0.25) is 0 Å². The maximum Gasteiger partial charge on any atom is 0.491 e. The molecule has 1 N–H and O–H groups in total. The zero-order valence-electron chi connectivity index (χ0n) is 10.0. The number of hydrogen-bond donors (Lipinski definition) is 1. The number of nitrogens with zero attached hydrogens (tertiary/aromatic N) is 1. The lowest BCUT2D eigenvalue weighted by Crippen LogP contribution is -2.27. The van der Waals surface area contributed by atoms with Crippen LogP contribution in [-0.2, 0) is 11.3 Å². The van der Waals surface area contributed by atoms with Gasteiger partial charge in [0.25, 0.3) is 0 Å². The first-order valence-corrected chi connectivity index (χ1v) is 5.87. The van der Waals surface area contributed by atoms with Crippen molar-refractivity contribution in [2.24, 2.45) is 0 Å². The van der Waals surface area contributed by atoms with Crippen molar-refractivity contribution in [3.63, 3.8) is 0 Å². The highest BCUT2D eigenvalue weighted by atomic mass is 16.5. The van der Waals surface area contributed by atoms with E-state index in [2.05, 4.69) is 6.07 Å². The molecule has 0 amide bonds. The first-order valence-electron chi connectivity index (χ1n) is 5.87. The van der Waals surface area contributed by atoms with Crippen LogP contribution in [-0.4, -0.2) is 12.1 Å². The van der Waals surface area contributed by atoms with Gasteiger partial charge in [-0.25, -0.2) is 0 Å². The molecule has 0 aromatic heterocycles. The lowest BCUT2D eigenvalue weighted by atomic mass is 9.79. The van der Waals surface area contributed by atoms with Crippen molar-refractivity contribution < 1.29 is 14.4 Å². The quantitative estimate of drug-likeness (QED) is 0.823. The van der Waals surface area contributed by atoms with E-state index in [1.54, 1.807) is 30.3 Å². The van der Waals surface area contributed by atoms with Crippen molar-refractivity contribution in [1.29, 1.82) is 5.26 Å². The second kappa shape index (κ2) is 4.77. The van der Waals surface area contributed by atoms with Crippen LogP contribution in [0.15, 0.2) is 42.5 Å². The van der Waals surface area contributed by atoms with Gasteiger partial charge in [-0.2, -0.15) is 5.26 Å². The fraction of sp³-hybridized carbons (Fsp3) is 0.0714. The van der Waals surface area contributed by atoms with Gasteiger partial charge < -0.3 is 14.4 Å². The Labute approximate surface area is 111 Å². The molecule has 1 aliphatic heterocycles. The Morgan fingerprint density at radius 2 is 2.05 bits per heavy atom. The maximum absolute atomic E-state index is 9.63. The number of benzene rings is 2. The van der Waals surface area contributed by atoms with Gasteiger partial charge in [0.1, 0.15) is 11.5 Å². The summed E-state index contributed by atoms with van der Waals surface area (Å²) in [6.45, 7) is 0.417. The van der Waals surface area contributed by atoms with Gasteiger partial charge >= 0.3 is 7.12 Å². The van der Waals surface area contributed by atoms with Gasteiger partial charge in [0.05, 0.1) is 18.2 Å². The Bertz CT molecular complexity index is 666. The largest absolute Gasteiger partial charge is 0.491 e. The number of fused-ring (bicyclic) bond motifs is 1. The molecule has 4 nitrogen and oxygen atoms in total. The monoisotopic (exact) mass is 251 g/mol. The minimum atomic E-state index is -0.885. The Balaban J connectivity index is 1.88. The van der Waals surface area contributed by atoms with E-state index in [0.717, 1.165) is 11.0 Å². The summed E-state index contributed by atoms with van der Waals surface area (Å²) in [6, 6.07) is 14.4. The summed E-state index contributed by atoms with van der Waals surface area (Å²) in [7, 11) is -0.885. The van der Waals surface area contributed by atoms with E-state index in [0.29, 0.717) is 23.7 Å². The van der Waals surface area contributed by atoms with Crippen LogP contribution >= 0.6 is 0 Å². The van der Waals surface area contributed by atoms with Gasteiger partial charge in [0.15, 0.2) is 0 Å². The van der Waals surface area contributed by atoms with Crippen molar-refractivity contribution in [2.45, 2.75) is 6.61 Å². The first-order chi connectivity index (χ1) is 9.26. The molecular weight excluding hydrogens is 241 g/mol. The zero-order chi connectivity index (χ0) is 13.2. The van der Waals surface area contributed by atoms with Crippen molar-refractivity contribution in [3.05, 3.63) is 53.6 Å². The lowest BCUT2D eigenvalue weighted by molar-refractivity contribution is 0.275. The highest BCUT2D eigenvalue weighted by Gasteiger charge is 2.27. The van der Waals surface area contributed by atoms with Gasteiger partial charge in [-0.05, 0) is 41.4 Å². The zero-order valence-corrected chi connectivity index (χ0v) is 10.0. The first kappa shape index (κ1) is 11.8. The van der Waals surface area contributed by atoms with Crippen LogP contribution in [0, 0.1) is 11.3 Å². The predicted molar refractivity (Wildman–Crippen MR) is 70.1 cm³/mol. The number of nitriles is 1. The molecule has 1 aliphatic rings. The Hall–Kier alpha value is -2.29. The Morgan fingerprint density at radius 1 is 1.21 bits per heavy atom. The molecule has 2 aromatic carbocycles. The van der Waals surface area contributed by atoms with Crippen LogP contribution in [0.1, 0.15) is 11.1 Å². The third-order valence-corrected chi connectivity index (χ3v) is 2.98. The van der Waals surface area contributed by atoms with Crippen LogP contribution in [0.25, 0.3) is 0 Å². The standard InChI is InChI=1S/C14H10BNO3/c16-8-10-2-1-3-12(6-10)19-13-5-4-11-9-18-15(17)14(11)7-13/h1-7,17H,9H2. The molecule has 0 spiro atoms. The van der Waals surface area contributed by atoms with E-state index in [-0.39, 0.29) is 0 Å². The summed E-state index contributed by atoms with van der Waals surface area (Å²) in [5, 5.41) is 18.5. The minimum absolute atomic E-state index is 0.417. The molecule has 3 rings (SSSR count). The topological polar surface area (TPSA) is 62.5 Å². The van der Waals surface area contributed by atoms with E-state index >= 15 is 0 Å². The summed E-state index contributed by atoms with van der Waals surface area (Å²) < 4.78 is 10.8. The van der Waals surface area contributed by atoms with Crippen LogP contribution in [0.3, 0.4) is 0 Å². The normalized spacial score (nSPS) is 12.9. The fourth-order valence-corrected chi connectivity index (χ4v) is 2.02. The average molecular weight is 251 g/mol. The molecule has 2 aromatic rings. The molecular formula is C14H10BNO3. The molecule has 19 heavy (non-hydrogen) atoms. The molecule has 0 atom stereocenters. The number of rotatable bonds is 2. The van der Waals surface area contributed by atoms with Crippen LogP contribution < -0.4 is 10.2 Å². The molecule has 0 saturated heterocycles. The molecule has 0 aliphatic carbocycles. The fourth-order valence-electron chi connectivity index (χ4n) is 2.02. The van der Waals surface area contributed by atoms with E-state index in [1.807, 2.05) is 12.1 Å². The Morgan fingerprint density at radius 3 is 2.89 bits per heavy atom. The molecule has 0 saturated carbocycles. The molecule has 0 bridgehead atoms. The van der Waals surface area contributed by atoms with E-state index in [9.17, 15) is 5.02 Å². The van der Waals surface area contributed by atoms with Crippen molar-refractivity contribution in [1.82, 2.24) is 0 Å². The lowest BCUT2D eigenvalue weighted by Gasteiger charge is -2.07. The third kappa shape index (κ3) is 2.32. The third-order valence-electron chi connectivity index (χ3n) is 2.98. The van der Waals surface area contributed by atoms with Gasteiger partial charge in [-0.1, -0.05) is 12.1 Å². The Kier molecular flexibility index (Phi) is 2.96. The maximum atomic E-state index is 9.63. The number of ether oxygens (including phenoxy) is 1. The molecule has 92 valence electrons. The highest BCUT2D eigenvalue weighted by Crippen LogP contribution is 2.23. The molecule has 1 heterocycles. The second-order valence-electron chi connectivity index (χ2n) is 4.27. The molecule has 0 fully saturated rings. The SMILES string of the molecule is N#Cc1cccc(Oc2ccc3c(c2)B(O)OC3)c1. The summed E-state index contributed by atoms with van der Waals surface area (Å²) in [4.78, 5) is 0. The molecule has 0 radical (unpaired) electrons. The average Bonchev–Trinajstić information content (AvgIpc) is 2.80. The van der Waals surface area contributed by atoms with Gasteiger partial charge in [0, 0.05) is 0 Å². The van der Waals surface area contributed by atoms with E-state index in [4.69, 9.17) is 14.7 Å².